The molecule has 0 radical (unpaired) electrons. The average Bonchev–Trinajstić information content (AvgIpc) is 2.66. The second-order valence-corrected chi connectivity index (χ2v) is 8.57. The third-order valence-corrected chi connectivity index (χ3v) is 4.52. The Labute approximate surface area is 184 Å². The van der Waals surface area contributed by atoms with Crippen LogP contribution in [0.4, 0.5) is 5.69 Å². The molecule has 150 valence electrons. The number of carbonyl (C=O) groups is 1. The van der Waals surface area contributed by atoms with Gasteiger partial charge in [-0.05, 0) is 48.5 Å². The molecule has 0 unspecified atom stereocenters. The van der Waals surface area contributed by atoms with Crippen molar-refractivity contribution >= 4 is 63.7 Å². The van der Waals surface area contributed by atoms with Gasteiger partial charge in [0.15, 0.2) is 11.7 Å². The van der Waals surface area contributed by atoms with E-state index in [1.165, 1.54) is 5.56 Å². The molecule has 0 saturated carbocycles. The van der Waals surface area contributed by atoms with Crippen LogP contribution in [0, 0.1) is 0 Å². The Morgan fingerprint density at radius 2 is 1.71 bits per heavy atom. The van der Waals surface area contributed by atoms with Gasteiger partial charge in [0.1, 0.15) is 11.9 Å². The summed E-state index contributed by atoms with van der Waals surface area (Å²) in [5.41, 5.74) is 1.94. The van der Waals surface area contributed by atoms with Crippen LogP contribution < -0.4 is 20.7 Å². The number of alkyl halides is 3. The predicted octanol–water partition coefficient (Wildman–Crippen LogP) is 4.43. The van der Waals surface area contributed by atoms with Gasteiger partial charge in [0.25, 0.3) is 5.91 Å². The summed E-state index contributed by atoms with van der Waals surface area (Å²) < 4.78 is 3.63. The van der Waals surface area contributed by atoms with Crippen LogP contribution in [0.5, 0.6) is 5.75 Å². The van der Waals surface area contributed by atoms with Crippen LogP contribution in [0.15, 0.2) is 54.6 Å². The zero-order chi connectivity index (χ0) is 20.6. The van der Waals surface area contributed by atoms with Crippen LogP contribution in [0.2, 0.25) is 0 Å². The molecule has 0 aliphatic rings. The van der Waals surface area contributed by atoms with E-state index in [1.54, 1.807) is 12.1 Å². The molecular weight excluding hydrogens is 441 g/mol. The summed E-state index contributed by atoms with van der Waals surface area (Å²) >= 11 is 23.1. The van der Waals surface area contributed by atoms with E-state index in [-0.39, 0.29) is 11.7 Å². The fraction of sp³-hybridized carbons (Fsp3) is 0.263. The zero-order valence-corrected chi connectivity index (χ0v) is 18.1. The van der Waals surface area contributed by atoms with Crippen molar-refractivity contribution in [3.63, 3.8) is 0 Å². The minimum Gasteiger partial charge on any atom is -0.484 e. The Morgan fingerprint density at radius 3 is 2.29 bits per heavy atom. The number of thiocarbonyl (C=S) groups is 1. The normalized spacial score (nSPS) is 12.0. The predicted molar refractivity (Wildman–Crippen MR) is 119 cm³/mol. The van der Waals surface area contributed by atoms with Gasteiger partial charge >= 0.3 is 0 Å². The molecule has 1 amide bonds. The fourth-order valence-corrected chi connectivity index (χ4v) is 2.76. The molecule has 0 aromatic heterocycles. The number of nitrogens with one attached hydrogen (secondary N) is 3. The molecule has 0 spiro atoms. The van der Waals surface area contributed by atoms with Gasteiger partial charge in [-0.2, -0.15) is 0 Å². The molecule has 0 saturated heterocycles. The summed E-state index contributed by atoms with van der Waals surface area (Å²) in [4.78, 5) is 12.2. The maximum absolute atomic E-state index is 12.2. The summed E-state index contributed by atoms with van der Waals surface area (Å²) in [5, 5.41) is 8.50. The monoisotopic (exact) mass is 459 g/mol. The van der Waals surface area contributed by atoms with E-state index in [9.17, 15) is 4.79 Å². The zero-order valence-electron chi connectivity index (χ0n) is 15.0. The summed E-state index contributed by atoms with van der Waals surface area (Å²) in [7, 11) is 0. The standard InChI is InChI=1S/C19H20Cl3N3O2S/c1-2-13-8-10-15(11-9-13)27-12-16(26)24-17(19(20,21)22)25-18(28)23-14-6-4-3-5-7-14/h3-11,17H,2,12H2,1H3,(H,24,26)(H2,23,25,28)/t17-/m0/s1. The molecule has 0 aliphatic carbocycles. The molecule has 28 heavy (non-hydrogen) atoms. The van der Waals surface area contributed by atoms with E-state index < -0.39 is 15.9 Å². The lowest BCUT2D eigenvalue weighted by Gasteiger charge is -2.27. The van der Waals surface area contributed by atoms with Crippen molar-refractivity contribution < 1.29 is 9.53 Å². The first-order chi connectivity index (χ1) is 13.3. The number of hydrogen-bond donors (Lipinski definition) is 3. The molecule has 0 heterocycles. The molecule has 1 atom stereocenters. The highest BCUT2D eigenvalue weighted by Crippen LogP contribution is 2.29. The smallest absolute Gasteiger partial charge is 0.259 e. The number of benzene rings is 2. The first-order valence-electron chi connectivity index (χ1n) is 8.48. The number of carbonyl (C=O) groups excluding carboxylic acids is 1. The van der Waals surface area contributed by atoms with Gasteiger partial charge in [-0.3, -0.25) is 4.79 Å². The average molecular weight is 461 g/mol. The van der Waals surface area contributed by atoms with Crippen molar-refractivity contribution in [3.8, 4) is 5.75 Å². The van der Waals surface area contributed by atoms with Crippen LogP contribution in [0.3, 0.4) is 0 Å². The summed E-state index contributed by atoms with van der Waals surface area (Å²) in [5.74, 6) is 0.109. The van der Waals surface area contributed by atoms with E-state index in [4.69, 9.17) is 51.8 Å². The number of rotatable bonds is 7. The Morgan fingerprint density at radius 1 is 1.07 bits per heavy atom. The number of hydrogen-bond acceptors (Lipinski definition) is 3. The number of ether oxygens (including phenoxy) is 1. The highest BCUT2D eigenvalue weighted by atomic mass is 35.6. The summed E-state index contributed by atoms with van der Waals surface area (Å²) in [6.07, 6.45) is -0.131. The number of para-hydroxylation sites is 1. The van der Waals surface area contributed by atoms with E-state index in [1.807, 2.05) is 42.5 Å². The van der Waals surface area contributed by atoms with Gasteiger partial charge in [-0.15, -0.1) is 0 Å². The topological polar surface area (TPSA) is 62.4 Å². The van der Waals surface area contributed by atoms with Crippen molar-refractivity contribution in [1.29, 1.82) is 0 Å². The van der Waals surface area contributed by atoms with Gasteiger partial charge in [-0.25, -0.2) is 0 Å². The van der Waals surface area contributed by atoms with Gasteiger partial charge < -0.3 is 20.7 Å². The van der Waals surface area contributed by atoms with Gasteiger partial charge in [0.05, 0.1) is 0 Å². The fourth-order valence-electron chi connectivity index (χ4n) is 2.19. The second-order valence-electron chi connectivity index (χ2n) is 5.79. The molecule has 0 bridgehead atoms. The molecule has 3 N–H and O–H groups in total. The maximum atomic E-state index is 12.2. The third-order valence-electron chi connectivity index (χ3n) is 3.64. The number of aryl methyl sites for hydroxylation is 1. The lowest BCUT2D eigenvalue weighted by molar-refractivity contribution is -0.123. The Hall–Kier alpha value is -1.73. The van der Waals surface area contributed by atoms with Crippen LogP contribution in [0.1, 0.15) is 12.5 Å². The third kappa shape index (κ3) is 7.72. The molecule has 0 aliphatic heterocycles. The molecule has 2 aromatic carbocycles. The van der Waals surface area contributed by atoms with Gasteiger partial charge in [-0.1, -0.05) is 72.1 Å². The minimum atomic E-state index is -1.83. The number of anilines is 1. The largest absolute Gasteiger partial charge is 0.484 e. The van der Waals surface area contributed by atoms with Crippen molar-refractivity contribution in [2.45, 2.75) is 23.3 Å². The number of amides is 1. The highest BCUT2D eigenvalue weighted by molar-refractivity contribution is 7.80. The Balaban J connectivity index is 1.89. The highest BCUT2D eigenvalue weighted by Gasteiger charge is 2.34. The molecule has 2 rings (SSSR count). The van der Waals surface area contributed by atoms with E-state index >= 15 is 0 Å². The summed E-state index contributed by atoms with van der Waals surface area (Å²) in [6.45, 7) is 1.83. The van der Waals surface area contributed by atoms with Crippen molar-refractivity contribution in [1.82, 2.24) is 10.6 Å². The van der Waals surface area contributed by atoms with Crippen LogP contribution in [0.25, 0.3) is 0 Å². The molecule has 5 nitrogen and oxygen atoms in total. The van der Waals surface area contributed by atoms with Crippen molar-refractivity contribution in [3.05, 3.63) is 60.2 Å². The second kappa shape index (κ2) is 10.7. The first kappa shape index (κ1) is 22.6. The Kier molecular flexibility index (Phi) is 8.63. The van der Waals surface area contributed by atoms with Crippen LogP contribution in [-0.4, -0.2) is 27.6 Å². The van der Waals surface area contributed by atoms with E-state index in [2.05, 4.69) is 22.9 Å². The van der Waals surface area contributed by atoms with Crippen molar-refractivity contribution in [2.24, 2.45) is 0 Å². The lowest BCUT2D eigenvalue weighted by atomic mass is 10.2. The lowest BCUT2D eigenvalue weighted by Crippen LogP contribution is -2.56. The van der Waals surface area contributed by atoms with Crippen LogP contribution >= 0.6 is 47.0 Å². The minimum absolute atomic E-state index is 0.193. The molecular formula is C19H20Cl3N3O2S. The molecule has 9 heteroatoms. The van der Waals surface area contributed by atoms with Crippen molar-refractivity contribution in [2.75, 3.05) is 11.9 Å². The molecule has 0 fully saturated rings. The maximum Gasteiger partial charge on any atom is 0.259 e. The number of halogens is 3. The quantitative estimate of drug-likeness (QED) is 0.324. The van der Waals surface area contributed by atoms with Crippen LogP contribution in [-0.2, 0) is 11.2 Å². The van der Waals surface area contributed by atoms with Gasteiger partial charge in [0.2, 0.25) is 3.79 Å². The van der Waals surface area contributed by atoms with Gasteiger partial charge in [0, 0.05) is 5.69 Å². The Bertz CT molecular complexity index is 783. The van der Waals surface area contributed by atoms with E-state index in [0.717, 1.165) is 12.1 Å². The summed E-state index contributed by atoms with van der Waals surface area (Å²) in [6, 6.07) is 16.7. The SMILES string of the molecule is CCc1ccc(OCC(=O)N[C@@H](NC(=S)Nc2ccccc2)C(Cl)(Cl)Cl)cc1. The van der Waals surface area contributed by atoms with E-state index in [0.29, 0.717) is 5.75 Å². The molecule has 2 aromatic rings. The first-order valence-corrected chi connectivity index (χ1v) is 10.0.